The molecule has 1 aliphatic rings. The summed E-state index contributed by atoms with van der Waals surface area (Å²) in [7, 11) is -3.50. The second-order valence-corrected chi connectivity index (χ2v) is 9.06. The van der Waals surface area contributed by atoms with Gasteiger partial charge >= 0.3 is 0 Å². The van der Waals surface area contributed by atoms with E-state index in [0.29, 0.717) is 61.9 Å². The minimum atomic E-state index is -3.50. The molecule has 2 aromatic rings. The zero-order chi connectivity index (χ0) is 20.1. The Bertz CT molecular complexity index is 900. The van der Waals surface area contributed by atoms with E-state index in [1.54, 1.807) is 31.2 Å². The minimum Gasteiger partial charge on any atom is -0.356 e. The van der Waals surface area contributed by atoms with Crippen molar-refractivity contribution in [3.63, 3.8) is 0 Å². The molecule has 1 aromatic heterocycles. The monoisotopic (exact) mass is 406 g/mol. The molecule has 0 unspecified atom stereocenters. The number of sulfonamides is 1. The van der Waals surface area contributed by atoms with Gasteiger partial charge in [0.05, 0.1) is 4.90 Å². The highest BCUT2D eigenvalue weighted by molar-refractivity contribution is 7.89. The molecule has 0 saturated carbocycles. The van der Waals surface area contributed by atoms with Crippen LogP contribution in [0.2, 0.25) is 0 Å². The fraction of sp³-hybridized carbons (Fsp3) is 0.526. The maximum Gasteiger partial charge on any atom is 0.243 e. The quantitative estimate of drug-likeness (QED) is 0.704. The van der Waals surface area contributed by atoms with Crippen LogP contribution in [-0.4, -0.2) is 48.4 Å². The number of hydrogen-bond donors (Lipinski definition) is 1. The molecule has 1 fully saturated rings. The van der Waals surface area contributed by atoms with E-state index in [4.69, 9.17) is 4.52 Å². The summed E-state index contributed by atoms with van der Waals surface area (Å²) < 4.78 is 32.0. The molecule has 2 heterocycles. The summed E-state index contributed by atoms with van der Waals surface area (Å²) in [5.74, 6) is 0.997. The molecule has 0 bridgehead atoms. The van der Waals surface area contributed by atoms with E-state index in [1.165, 1.54) is 4.31 Å². The van der Waals surface area contributed by atoms with Crippen LogP contribution in [0, 0.1) is 19.8 Å². The Hall–Kier alpha value is -2.26. The molecule has 28 heavy (non-hydrogen) atoms. The summed E-state index contributed by atoms with van der Waals surface area (Å²) in [5.41, 5.74) is 1.02. The van der Waals surface area contributed by atoms with Crippen LogP contribution in [0.5, 0.6) is 0 Å². The van der Waals surface area contributed by atoms with E-state index in [-0.39, 0.29) is 11.8 Å². The molecule has 0 spiro atoms. The standard InChI is InChI=1S/C19H26N4O4S/c1-14-5-7-17(8-6-14)28(25,26)23-12-9-16(10-13-23)19(24)20-11-3-4-18-21-15(2)22-27-18/h5-8,16H,3-4,9-13H2,1-2H3,(H,20,24). The van der Waals surface area contributed by atoms with Crippen LogP contribution in [0.25, 0.3) is 0 Å². The second kappa shape index (κ2) is 8.83. The number of rotatable bonds is 7. The lowest BCUT2D eigenvalue weighted by atomic mass is 9.97. The first-order valence-electron chi connectivity index (χ1n) is 9.50. The third-order valence-electron chi connectivity index (χ3n) is 4.92. The first-order valence-corrected chi connectivity index (χ1v) is 10.9. The highest BCUT2D eigenvalue weighted by Gasteiger charge is 2.31. The molecular weight excluding hydrogens is 380 g/mol. The predicted molar refractivity (Wildman–Crippen MR) is 103 cm³/mol. The SMILES string of the molecule is Cc1ccc(S(=O)(=O)N2CCC(C(=O)NCCCc3nc(C)no3)CC2)cc1. The molecule has 3 rings (SSSR count). The molecule has 9 heteroatoms. The zero-order valence-electron chi connectivity index (χ0n) is 16.2. The van der Waals surface area contributed by atoms with Gasteiger partial charge in [-0.1, -0.05) is 22.9 Å². The van der Waals surface area contributed by atoms with E-state index in [1.807, 2.05) is 6.92 Å². The summed E-state index contributed by atoms with van der Waals surface area (Å²) >= 11 is 0. The van der Waals surface area contributed by atoms with E-state index in [2.05, 4.69) is 15.5 Å². The molecular formula is C19H26N4O4S. The molecule has 1 amide bonds. The molecule has 1 aromatic carbocycles. The largest absolute Gasteiger partial charge is 0.356 e. The molecule has 0 atom stereocenters. The number of carbonyl (C=O) groups is 1. The van der Waals surface area contributed by atoms with Crippen LogP contribution in [0.15, 0.2) is 33.7 Å². The van der Waals surface area contributed by atoms with Gasteiger partial charge in [0.25, 0.3) is 0 Å². The van der Waals surface area contributed by atoms with Crippen molar-refractivity contribution in [3.8, 4) is 0 Å². The number of nitrogens with zero attached hydrogens (tertiary/aromatic N) is 3. The Morgan fingerprint density at radius 2 is 1.89 bits per heavy atom. The van der Waals surface area contributed by atoms with Crippen molar-refractivity contribution in [2.24, 2.45) is 5.92 Å². The van der Waals surface area contributed by atoms with Crippen molar-refractivity contribution < 1.29 is 17.7 Å². The lowest BCUT2D eigenvalue weighted by Gasteiger charge is -2.30. The average Bonchev–Trinajstić information content (AvgIpc) is 3.10. The molecule has 1 N–H and O–H groups in total. The lowest BCUT2D eigenvalue weighted by Crippen LogP contribution is -2.43. The topological polar surface area (TPSA) is 105 Å². The Labute approximate surface area is 165 Å². The van der Waals surface area contributed by atoms with Crippen molar-refractivity contribution >= 4 is 15.9 Å². The van der Waals surface area contributed by atoms with Gasteiger partial charge in [-0.05, 0) is 45.2 Å². The van der Waals surface area contributed by atoms with E-state index in [0.717, 1.165) is 5.56 Å². The first kappa shape index (κ1) is 20.5. The number of nitrogens with one attached hydrogen (secondary N) is 1. The normalized spacial score (nSPS) is 16.2. The summed E-state index contributed by atoms with van der Waals surface area (Å²) in [6, 6.07) is 6.86. The molecule has 0 radical (unpaired) electrons. The number of aromatic nitrogens is 2. The van der Waals surface area contributed by atoms with E-state index < -0.39 is 10.0 Å². The number of benzene rings is 1. The van der Waals surface area contributed by atoms with Crippen LogP contribution in [0.4, 0.5) is 0 Å². The summed E-state index contributed by atoms with van der Waals surface area (Å²) in [6.45, 7) is 4.93. The van der Waals surface area contributed by atoms with Gasteiger partial charge in [-0.2, -0.15) is 9.29 Å². The van der Waals surface area contributed by atoms with E-state index >= 15 is 0 Å². The maximum atomic E-state index is 12.7. The number of aryl methyl sites for hydroxylation is 3. The van der Waals surface area contributed by atoms with Crippen LogP contribution < -0.4 is 5.32 Å². The van der Waals surface area contributed by atoms with Crippen molar-refractivity contribution in [1.82, 2.24) is 19.8 Å². The fourth-order valence-corrected chi connectivity index (χ4v) is 4.72. The third-order valence-corrected chi connectivity index (χ3v) is 6.83. The van der Waals surface area contributed by atoms with Gasteiger partial charge in [-0.3, -0.25) is 4.79 Å². The minimum absolute atomic E-state index is 0.0194. The highest BCUT2D eigenvalue weighted by Crippen LogP contribution is 2.24. The average molecular weight is 407 g/mol. The first-order chi connectivity index (χ1) is 13.4. The van der Waals surface area contributed by atoms with Gasteiger partial charge < -0.3 is 9.84 Å². The van der Waals surface area contributed by atoms with Gasteiger partial charge in [0, 0.05) is 32.0 Å². The number of amides is 1. The van der Waals surface area contributed by atoms with Gasteiger partial charge in [0.15, 0.2) is 5.82 Å². The molecule has 0 aliphatic carbocycles. The Morgan fingerprint density at radius 1 is 1.21 bits per heavy atom. The van der Waals surface area contributed by atoms with Crippen LogP contribution >= 0.6 is 0 Å². The van der Waals surface area contributed by atoms with Crippen LogP contribution in [0.1, 0.15) is 36.5 Å². The van der Waals surface area contributed by atoms with Gasteiger partial charge in [-0.15, -0.1) is 0 Å². The Balaban J connectivity index is 1.44. The summed E-state index contributed by atoms with van der Waals surface area (Å²) in [4.78, 5) is 16.8. The van der Waals surface area contributed by atoms with Gasteiger partial charge in [-0.25, -0.2) is 8.42 Å². The molecule has 1 aliphatic heterocycles. The summed E-state index contributed by atoms with van der Waals surface area (Å²) in [6.07, 6.45) is 2.39. The molecule has 1 saturated heterocycles. The van der Waals surface area contributed by atoms with Gasteiger partial charge in [0.1, 0.15) is 0 Å². The van der Waals surface area contributed by atoms with Crippen molar-refractivity contribution in [3.05, 3.63) is 41.5 Å². The van der Waals surface area contributed by atoms with Crippen LogP contribution in [0.3, 0.4) is 0 Å². The Morgan fingerprint density at radius 3 is 2.50 bits per heavy atom. The zero-order valence-corrected chi connectivity index (χ0v) is 17.0. The number of piperidine rings is 1. The van der Waals surface area contributed by atoms with Crippen molar-refractivity contribution in [2.45, 2.75) is 44.4 Å². The smallest absolute Gasteiger partial charge is 0.243 e. The second-order valence-electron chi connectivity index (χ2n) is 7.12. The van der Waals surface area contributed by atoms with Crippen LogP contribution in [-0.2, 0) is 21.2 Å². The highest BCUT2D eigenvalue weighted by atomic mass is 32.2. The number of carbonyl (C=O) groups excluding carboxylic acids is 1. The third kappa shape index (κ3) is 4.96. The van der Waals surface area contributed by atoms with Gasteiger partial charge in [0.2, 0.25) is 21.8 Å². The maximum absolute atomic E-state index is 12.7. The predicted octanol–water partition coefficient (Wildman–Crippen LogP) is 1.84. The number of hydrogen-bond acceptors (Lipinski definition) is 6. The lowest BCUT2D eigenvalue weighted by molar-refractivity contribution is -0.126. The molecule has 152 valence electrons. The molecule has 8 nitrogen and oxygen atoms in total. The van der Waals surface area contributed by atoms with E-state index in [9.17, 15) is 13.2 Å². The summed E-state index contributed by atoms with van der Waals surface area (Å²) in [5, 5.41) is 6.65. The fourth-order valence-electron chi connectivity index (χ4n) is 3.25. The Kier molecular flexibility index (Phi) is 6.46. The van der Waals surface area contributed by atoms with Crippen molar-refractivity contribution in [2.75, 3.05) is 19.6 Å². The van der Waals surface area contributed by atoms with Crippen molar-refractivity contribution in [1.29, 1.82) is 0 Å².